The molecule has 1 aliphatic carbocycles. The van der Waals surface area contributed by atoms with E-state index in [2.05, 4.69) is 31.4 Å². The third-order valence-electron chi connectivity index (χ3n) is 8.86. The number of carbonyl (C=O) groups excluding carboxylic acids is 2. The van der Waals surface area contributed by atoms with Crippen LogP contribution < -0.4 is 10.6 Å². The van der Waals surface area contributed by atoms with Crippen molar-refractivity contribution >= 4 is 48.4 Å². The van der Waals surface area contributed by atoms with E-state index in [1.807, 2.05) is 0 Å². The summed E-state index contributed by atoms with van der Waals surface area (Å²) in [5.41, 5.74) is -0.160. The van der Waals surface area contributed by atoms with Crippen molar-refractivity contribution in [2.75, 3.05) is 5.32 Å². The number of hydrogen-bond donors (Lipinski definition) is 4. The summed E-state index contributed by atoms with van der Waals surface area (Å²) in [6.07, 6.45) is 2.07. The molecule has 2 aromatic carbocycles. The first kappa shape index (κ1) is 31.6. The largest absolute Gasteiger partial charge is 0.469 e. The van der Waals surface area contributed by atoms with Gasteiger partial charge in [-0.25, -0.2) is 8.96 Å². The summed E-state index contributed by atoms with van der Waals surface area (Å²) in [5.74, 6) is -2.07. The minimum Gasteiger partial charge on any atom is -0.325 e. The highest BCUT2D eigenvalue weighted by Gasteiger charge is 2.66. The number of carbonyl (C=O) groups is 2. The number of anilines is 1. The van der Waals surface area contributed by atoms with Crippen LogP contribution in [0.4, 0.5) is 10.1 Å². The highest BCUT2D eigenvalue weighted by atomic mass is 35.5. The second-order valence-electron chi connectivity index (χ2n) is 13.0. The molecule has 5 rings (SSSR count). The van der Waals surface area contributed by atoms with Crippen LogP contribution in [-0.4, -0.2) is 39.7 Å². The first-order valence-electron chi connectivity index (χ1n) is 14.2. The molecule has 2 aromatic rings. The molecule has 2 heterocycles. The number of fused-ring (bicyclic) bond motifs is 2. The molecule has 0 bridgehead atoms. The second-order valence-corrected chi connectivity index (χ2v) is 15.0. The average molecular weight is 642 g/mol. The third-order valence-corrected chi connectivity index (χ3v) is 9.96. The van der Waals surface area contributed by atoms with E-state index < -0.39 is 43.2 Å². The van der Waals surface area contributed by atoms with Gasteiger partial charge in [-0.05, 0) is 72.8 Å². The monoisotopic (exact) mass is 640 g/mol. The number of hydrogen-bond acceptors (Lipinski definition) is 5. The van der Waals surface area contributed by atoms with Crippen molar-refractivity contribution in [3.63, 3.8) is 0 Å². The van der Waals surface area contributed by atoms with E-state index in [1.165, 1.54) is 6.07 Å². The number of Topliss-reactive ketones (excluding diaryl/α,β-unsaturated/α-hetero) is 1. The zero-order valence-electron chi connectivity index (χ0n) is 23.7. The molecule has 2 fully saturated rings. The number of ketones is 1. The molecule has 12 heteroatoms. The van der Waals surface area contributed by atoms with Crippen molar-refractivity contribution in [3.8, 4) is 0 Å². The molecule has 1 amide bonds. The first-order valence-corrected chi connectivity index (χ1v) is 16.5. The van der Waals surface area contributed by atoms with Gasteiger partial charge in [0, 0.05) is 29.1 Å². The van der Waals surface area contributed by atoms with E-state index in [0.29, 0.717) is 48.4 Å². The van der Waals surface area contributed by atoms with Crippen LogP contribution in [0, 0.1) is 17.2 Å². The molecule has 4 atom stereocenters. The maximum Gasteiger partial charge on any atom is 0.469 e. The Labute approximate surface area is 254 Å². The predicted octanol–water partition coefficient (Wildman–Crippen LogP) is 6.51. The van der Waals surface area contributed by atoms with Gasteiger partial charge < -0.3 is 20.4 Å². The lowest BCUT2D eigenvalue weighted by molar-refractivity contribution is -0.123. The van der Waals surface area contributed by atoms with E-state index in [0.717, 1.165) is 0 Å². The van der Waals surface area contributed by atoms with Crippen LogP contribution in [0.2, 0.25) is 10.0 Å². The summed E-state index contributed by atoms with van der Waals surface area (Å²) in [5, 5.41) is 6.84. The number of phosphoric acid groups is 1. The summed E-state index contributed by atoms with van der Waals surface area (Å²) in [6.45, 7) is 6.17. The van der Waals surface area contributed by atoms with Crippen LogP contribution in [0.25, 0.3) is 0 Å². The van der Waals surface area contributed by atoms with Gasteiger partial charge in [-0.15, -0.1) is 0 Å². The van der Waals surface area contributed by atoms with E-state index in [4.69, 9.17) is 37.5 Å². The zero-order chi connectivity index (χ0) is 30.6. The number of halogens is 3. The SMILES string of the molecule is CC(C)(C)C[C@H]1N[C@@H](C(=O)CC2CCC(OP(=O)(O)O)CC2)[C@H](c2cccc(Cl)c2F)[C@@]12C(=O)Nc1cc(Cl)ccc12. The molecule has 1 spiro atoms. The topological polar surface area (TPSA) is 125 Å². The highest BCUT2D eigenvalue weighted by molar-refractivity contribution is 7.46. The number of rotatable bonds is 7. The molecule has 0 aromatic heterocycles. The van der Waals surface area contributed by atoms with E-state index in [-0.39, 0.29) is 40.0 Å². The fourth-order valence-corrected chi connectivity index (χ4v) is 8.20. The summed E-state index contributed by atoms with van der Waals surface area (Å²) < 4.78 is 32.0. The molecule has 0 unspecified atom stereocenters. The van der Waals surface area contributed by atoms with E-state index in [1.54, 1.807) is 30.3 Å². The van der Waals surface area contributed by atoms with Crippen LogP contribution in [-0.2, 0) is 24.1 Å². The van der Waals surface area contributed by atoms with Crippen LogP contribution >= 0.6 is 31.0 Å². The minimum absolute atomic E-state index is 0.0399. The van der Waals surface area contributed by atoms with Crippen LogP contribution in [0.5, 0.6) is 0 Å². The summed E-state index contributed by atoms with van der Waals surface area (Å²) in [4.78, 5) is 46.7. The van der Waals surface area contributed by atoms with Gasteiger partial charge in [-0.2, -0.15) is 0 Å². The number of nitrogens with one attached hydrogen (secondary N) is 2. The Hall–Kier alpha value is -1.84. The van der Waals surface area contributed by atoms with Gasteiger partial charge in [0.2, 0.25) is 5.91 Å². The van der Waals surface area contributed by atoms with Gasteiger partial charge in [0.15, 0.2) is 5.78 Å². The molecule has 2 aliphatic heterocycles. The zero-order valence-corrected chi connectivity index (χ0v) is 26.1. The van der Waals surface area contributed by atoms with Crippen molar-refractivity contribution in [2.45, 2.75) is 88.8 Å². The Morgan fingerprint density at radius 1 is 1.14 bits per heavy atom. The van der Waals surface area contributed by atoms with Crippen LogP contribution in [0.15, 0.2) is 36.4 Å². The molecule has 0 radical (unpaired) electrons. The van der Waals surface area contributed by atoms with Gasteiger partial charge >= 0.3 is 7.82 Å². The van der Waals surface area contributed by atoms with Gasteiger partial charge in [-0.3, -0.25) is 14.1 Å². The van der Waals surface area contributed by atoms with E-state index >= 15 is 4.39 Å². The number of benzene rings is 2. The number of amides is 1. The minimum atomic E-state index is -4.59. The molecule has 4 N–H and O–H groups in total. The standard InChI is InChI=1S/C30H36Cl2FN2O6P/c1-29(2,3)15-24-30(20-12-9-17(31)14-22(20)34-28(30)37)25(19-5-4-6-21(32)26(19)33)27(35-24)23(36)13-16-7-10-18(11-8-16)41-42(38,39)40/h4-6,9,12,14,16,18,24-25,27,35H,7-8,10-11,13,15H2,1-3H3,(H,34,37)(H2,38,39,40)/t16?,18?,24-,25+,27+,30+/m1/s1. The van der Waals surface area contributed by atoms with Gasteiger partial charge in [0.25, 0.3) is 0 Å². The van der Waals surface area contributed by atoms with Crippen molar-refractivity contribution < 1.29 is 32.9 Å². The first-order chi connectivity index (χ1) is 19.6. The molecular formula is C30H36Cl2FN2O6P. The molecule has 3 aliphatic rings. The molecule has 1 saturated heterocycles. The molecule has 42 heavy (non-hydrogen) atoms. The Kier molecular flexibility index (Phi) is 8.71. The molecule has 1 saturated carbocycles. The van der Waals surface area contributed by atoms with Crippen molar-refractivity contribution in [1.82, 2.24) is 5.32 Å². The molecule has 8 nitrogen and oxygen atoms in total. The van der Waals surface area contributed by atoms with Gasteiger partial charge in [-0.1, -0.05) is 62.2 Å². The smallest absolute Gasteiger partial charge is 0.325 e. The molecular weight excluding hydrogens is 605 g/mol. The lowest BCUT2D eigenvalue weighted by Gasteiger charge is -2.38. The Bertz CT molecular complexity index is 1440. The van der Waals surface area contributed by atoms with Crippen molar-refractivity contribution in [1.29, 1.82) is 0 Å². The summed E-state index contributed by atoms with van der Waals surface area (Å²) in [6, 6.07) is 8.44. The lowest BCUT2D eigenvalue weighted by atomic mass is 9.62. The Balaban J connectivity index is 1.56. The third kappa shape index (κ3) is 6.07. The van der Waals surface area contributed by atoms with Crippen LogP contribution in [0.3, 0.4) is 0 Å². The fraction of sp³-hybridized carbons (Fsp3) is 0.533. The van der Waals surface area contributed by atoms with Crippen LogP contribution in [0.1, 0.15) is 76.3 Å². The highest BCUT2D eigenvalue weighted by Crippen LogP contribution is 2.57. The maximum atomic E-state index is 15.9. The fourth-order valence-electron chi connectivity index (χ4n) is 7.25. The normalized spacial score (nSPS) is 29.5. The Morgan fingerprint density at radius 3 is 2.48 bits per heavy atom. The Morgan fingerprint density at radius 2 is 1.83 bits per heavy atom. The van der Waals surface area contributed by atoms with Gasteiger partial charge in [0.1, 0.15) is 11.2 Å². The predicted molar refractivity (Wildman–Crippen MR) is 159 cm³/mol. The van der Waals surface area contributed by atoms with Crippen molar-refractivity contribution in [2.24, 2.45) is 11.3 Å². The molecule has 228 valence electrons. The average Bonchev–Trinajstić information content (AvgIpc) is 3.35. The number of phosphoric ester groups is 1. The summed E-state index contributed by atoms with van der Waals surface area (Å²) in [7, 11) is -4.59. The quantitative estimate of drug-likeness (QED) is 0.254. The maximum absolute atomic E-state index is 15.9. The van der Waals surface area contributed by atoms with Crippen molar-refractivity contribution in [3.05, 3.63) is 63.4 Å². The second kappa shape index (κ2) is 11.6. The summed E-state index contributed by atoms with van der Waals surface area (Å²) >= 11 is 12.6. The van der Waals surface area contributed by atoms with Gasteiger partial charge in [0.05, 0.1) is 17.2 Å². The van der Waals surface area contributed by atoms with E-state index in [9.17, 15) is 14.2 Å². The lowest BCUT2D eigenvalue weighted by Crippen LogP contribution is -2.49.